The fraction of sp³-hybridized carbons (Fsp3) is 0.143. The number of rotatable bonds is 4. The smallest absolute Gasteiger partial charge is 0.145 e. The number of anilines is 2. The van der Waals surface area contributed by atoms with Crippen molar-refractivity contribution in [1.82, 2.24) is 0 Å². The molecule has 0 bridgehead atoms. The standard InChI is InChI=1S/C14H16N2O/c1-16-14-12(15)8-5-9-13(14)17-10-11-6-3-2-4-7-11/h2-9,16H,10,15H2,1H3. The van der Waals surface area contributed by atoms with Crippen molar-refractivity contribution in [3.63, 3.8) is 0 Å². The zero-order chi connectivity index (χ0) is 12.1. The molecule has 2 aromatic carbocycles. The Hall–Kier alpha value is -2.16. The maximum atomic E-state index is 5.86. The Balaban J connectivity index is 2.12. The average molecular weight is 228 g/mol. The van der Waals surface area contributed by atoms with Crippen LogP contribution in [0, 0.1) is 0 Å². The van der Waals surface area contributed by atoms with Crippen LogP contribution >= 0.6 is 0 Å². The molecule has 3 nitrogen and oxygen atoms in total. The number of ether oxygens (including phenoxy) is 1. The molecule has 0 aliphatic heterocycles. The summed E-state index contributed by atoms with van der Waals surface area (Å²) in [6.07, 6.45) is 0. The molecule has 17 heavy (non-hydrogen) atoms. The summed E-state index contributed by atoms with van der Waals surface area (Å²) in [5.74, 6) is 0.774. The molecular formula is C14H16N2O. The van der Waals surface area contributed by atoms with Crippen LogP contribution in [-0.4, -0.2) is 7.05 Å². The van der Waals surface area contributed by atoms with Gasteiger partial charge in [-0.2, -0.15) is 0 Å². The normalized spacial score (nSPS) is 9.94. The summed E-state index contributed by atoms with van der Waals surface area (Å²) in [5, 5.41) is 3.05. The van der Waals surface area contributed by atoms with Crippen LogP contribution in [-0.2, 0) is 6.61 Å². The van der Waals surface area contributed by atoms with Gasteiger partial charge in [-0.15, -0.1) is 0 Å². The van der Waals surface area contributed by atoms with Gasteiger partial charge in [0.15, 0.2) is 0 Å². The SMILES string of the molecule is CNc1c(N)cccc1OCc1ccccc1. The zero-order valence-electron chi connectivity index (χ0n) is 9.81. The van der Waals surface area contributed by atoms with Crippen LogP contribution in [0.4, 0.5) is 11.4 Å². The Kier molecular flexibility index (Phi) is 3.50. The molecule has 88 valence electrons. The minimum Gasteiger partial charge on any atom is -0.487 e. The molecule has 3 heteroatoms. The largest absolute Gasteiger partial charge is 0.487 e. The van der Waals surface area contributed by atoms with E-state index >= 15 is 0 Å². The van der Waals surface area contributed by atoms with Gasteiger partial charge in [-0.05, 0) is 17.7 Å². The first-order valence-electron chi connectivity index (χ1n) is 5.54. The Morgan fingerprint density at radius 1 is 1.06 bits per heavy atom. The number of nitrogens with one attached hydrogen (secondary N) is 1. The highest BCUT2D eigenvalue weighted by molar-refractivity contribution is 5.73. The quantitative estimate of drug-likeness (QED) is 0.791. The fourth-order valence-corrected chi connectivity index (χ4v) is 1.67. The third kappa shape index (κ3) is 2.69. The summed E-state index contributed by atoms with van der Waals surface area (Å²) in [6.45, 7) is 0.541. The number of nitrogens with two attached hydrogens (primary N) is 1. The number of para-hydroxylation sites is 1. The van der Waals surface area contributed by atoms with Crippen molar-refractivity contribution in [1.29, 1.82) is 0 Å². The Morgan fingerprint density at radius 3 is 2.53 bits per heavy atom. The van der Waals surface area contributed by atoms with Gasteiger partial charge < -0.3 is 15.8 Å². The van der Waals surface area contributed by atoms with Crippen LogP contribution in [0.15, 0.2) is 48.5 Å². The topological polar surface area (TPSA) is 47.3 Å². The fourth-order valence-electron chi connectivity index (χ4n) is 1.67. The van der Waals surface area contributed by atoms with Gasteiger partial charge in [-0.25, -0.2) is 0 Å². The molecule has 0 aliphatic rings. The van der Waals surface area contributed by atoms with Crippen LogP contribution in [0.2, 0.25) is 0 Å². The van der Waals surface area contributed by atoms with Crippen LogP contribution in [0.5, 0.6) is 5.75 Å². The molecule has 0 saturated carbocycles. The van der Waals surface area contributed by atoms with E-state index in [1.807, 2.05) is 55.6 Å². The minimum atomic E-state index is 0.541. The van der Waals surface area contributed by atoms with Gasteiger partial charge in [0.1, 0.15) is 12.4 Å². The minimum absolute atomic E-state index is 0.541. The molecule has 3 N–H and O–H groups in total. The summed E-state index contributed by atoms with van der Waals surface area (Å²) < 4.78 is 5.75. The molecule has 0 aromatic heterocycles. The molecule has 2 rings (SSSR count). The zero-order valence-corrected chi connectivity index (χ0v) is 9.81. The van der Waals surface area contributed by atoms with Crippen molar-refractivity contribution in [2.24, 2.45) is 0 Å². The van der Waals surface area contributed by atoms with Crippen molar-refractivity contribution in [2.75, 3.05) is 18.1 Å². The van der Waals surface area contributed by atoms with Crippen molar-refractivity contribution >= 4 is 11.4 Å². The predicted molar refractivity (Wildman–Crippen MR) is 71.2 cm³/mol. The summed E-state index contributed by atoms with van der Waals surface area (Å²) in [5.41, 5.74) is 8.52. The highest BCUT2D eigenvalue weighted by Crippen LogP contribution is 2.30. The van der Waals surface area contributed by atoms with Crippen LogP contribution < -0.4 is 15.8 Å². The average Bonchev–Trinajstić information content (AvgIpc) is 2.37. The van der Waals surface area contributed by atoms with Crippen molar-refractivity contribution in [3.05, 3.63) is 54.1 Å². The second-order valence-corrected chi connectivity index (χ2v) is 3.74. The number of hydrogen-bond acceptors (Lipinski definition) is 3. The lowest BCUT2D eigenvalue weighted by Crippen LogP contribution is -2.01. The molecule has 0 aliphatic carbocycles. The Morgan fingerprint density at radius 2 is 1.82 bits per heavy atom. The van der Waals surface area contributed by atoms with E-state index in [0.29, 0.717) is 12.3 Å². The van der Waals surface area contributed by atoms with E-state index in [4.69, 9.17) is 10.5 Å². The van der Waals surface area contributed by atoms with Crippen LogP contribution in [0.3, 0.4) is 0 Å². The monoisotopic (exact) mass is 228 g/mol. The predicted octanol–water partition coefficient (Wildman–Crippen LogP) is 2.89. The summed E-state index contributed by atoms with van der Waals surface area (Å²) in [4.78, 5) is 0. The van der Waals surface area contributed by atoms with E-state index < -0.39 is 0 Å². The van der Waals surface area contributed by atoms with Gasteiger partial charge in [0, 0.05) is 7.05 Å². The first-order chi connectivity index (χ1) is 8.31. The second kappa shape index (κ2) is 5.25. The van der Waals surface area contributed by atoms with Gasteiger partial charge in [0.25, 0.3) is 0 Å². The van der Waals surface area contributed by atoms with Gasteiger partial charge in [0.2, 0.25) is 0 Å². The Bertz CT molecular complexity index is 483. The third-order valence-electron chi connectivity index (χ3n) is 2.55. The van der Waals surface area contributed by atoms with Crippen molar-refractivity contribution in [3.8, 4) is 5.75 Å². The van der Waals surface area contributed by atoms with Gasteiger partial charge in [-0.1, -0.05) is 36.4 Å². The lowest BCUT2D eigenvalue weighted by Gasteiger charge is -2.13. The molecule has 2 aromatic rings. The number of hydrogen-bond donors (Lipinski definition) is 2. The van der Waals surface area contributed by atoms with E-state index in [9.17, 15) is 0 Å². The molecular weight excluding hydrogens is 212 g/mol. The van der Waals surface area contributed by atoms with Crippen LogP contribution in [0.25, 0.3) is 0 Å². The van der Waals surface area contributed by atoms with Crippen molar-refractivity contribution in [2.45, 2.75) is 6.61 Å². The molecule has 0 saturated heterocycles. The summed E-state index contributed by atoms with van der Waals surface area (Å²) >= 11 is 0. The van der Waals surface area contributed by atoms with Gasteiger partial charge in [-0.3, -0.25) is 0 Å². The summed E-state index contributed by atoms with van der Waals surface area (Å²) in [7, 11) is 1.83. The third-order valence-corrected chi connectivity index (χ3v) is 2.55. The lowest BCUT2D eigenvalue weighted by molar-refractivity contribution is 0.308. The molecule has 0 fully saturated rings. The second-order valence-electron chi connectivity index (χ2n) is 3.74. The maximum absolute atomic E-state index is 5.86. The van der Waals surface area contributed by atoms with Gasteiger partial charge >= 0.3 is 0 Å². The van der Waals surface area contributed by atoms with Crippen LogP contribution in [0.1, 0.15) is 5.56 Å². The van der Waals surface area contributed by atoms with E-state index in [1.165, 1.54) is 0 Å². The molecule has 0 spiro atoms. The highest BCUT2D eigenvalue weighted by atomic mass is 16.5. The Labute approximate surface area is 101 Å². The molecule has 0 radical (unpaired) electrons. The van der Waals surface area contributed by atoms with Crippen molar-refractivity contribution < 1.29 is 4.74 Å². The lowest BCUT2D eigenvalue weighted by atomic mass is 10.2. The molecule has 0 amide bonds. The van der Waals surface area contributed by atoms with E-state index in [-0.39, 0.29) is 0 Å². The summed E-state index contributed by atoms with van der Waals surface area (Å²) in [6, 6.07) is 15.7. The number of nitrogen functional groups attached to an aromatic ring is 1. The van der Waals surface area contributed by atoms with E-state index in [0.717, 1.165) is 17.0 Å². The van der Waals surface area contributed by atoms with Gasteiger partial charge in [0.05, 0.1) is 11.4 Å². The number of benzene rings is 2. The van der Waals surface area contributed by atoms with E-state index in [1.54, 1.807) is 0 Å². The van der Waals surface area contributed by atoms with E-state index in [2.05, 4.69) is 5.32 Å². The molecule has 0 heterocycles. The molecule has 0 atom stereocenters. The maximum Gasteiger partial charge on any atom is 0.145 e. The first-order valence-corrected chi connectivity index (χ1v) is 5.54. The first kappa shape index (κ1) is 11.3. The highest BCUT2D eigenvalue weighted by Gasteiger charge is 2.05. The molecule has 0 unspecified atom stereocenters.